The third-order valence-corrected chi connectivity index (χ3v) is 5.35. The highest BCUT2D eigenvalue weighted by Crippen LogP contribution is 2.18. The Labute approximate surface area is 160 Å². The molecule has 0 aliphatic carbocycles. The van der Waals surface area contributed by atoms with Crippen molar-refractivity contribution in [2.24, 2.45) is 0 Å². The van der Waals surface area contributed by atoms with E-state index in [-0.39, 0.29) is 23.8 Å². The molecule has 2 aromatic rings. The van der Waals surface area contributed by atoms with Gasteiger partial charge in [0.05, 0.1) is 6.42 Å². The Kier molecular flexibility index (Phi) is 6.58. The molecule has 5 heteroatoms. The number of hydrazine groups is 1. The topological polar surface area (TPSA) is 35.6 Å². The van der Waals surface area contributed by atoms with E-state index in [1.165, 1.54) is 17.7 Å². The van der Waals surface area contributed by atoms with Crippen molar-refractivity contribution in [3.8, 4) is 0 Å². The Morgan fingerprint density at radius 2 is 1.78 bits per heavy atom. The molecule has 1 heterocycles. The first-order valence-corrected chi connectivity index (χ1v) is 9.59. The highest BCUT2D eigenvalue weighted by atomic mass is 19.1. The van der Waals surface area contributed by atoms with Crippen LogP contribution in [0.2, 0.25) is 0 Å². The molecule has 1 N–H and O–H groups in total. The van der Waals surface area contributed by atoms with Gasteiger partial charge in [-0.25, -0.2) is 14.8 Å². The van der Waals surface area contributed by atoms with Crippen LogP contribution >= 0.6 is 0 Å². The van der Waals surface area contributed by atoms with E-state index in [9.17, 15) is 9.18 Å². The second-order valence-corrected chi connectivity index (χ2v) is 7.29. The standard InChI is InChI=1S/C22H28FN3O/c1-17(19-6-4-3-5-7-19)24-26-14-12-21(13-15-26)25(2)22(27)16-18-8-10-20(23)11-9-18/h3-11,17,21,24H,12-16H2,1-2H3. The number of piperidine rings is 1. The Morgan fingerprint density at radius 1 is 1.15 bits per heavy atom. The van der Waals surface area contributed by atoms with Gasteiger partial charge in [0.2, 0.25) is 5.91 Å². The van der Waals surface area contributed by atoms with Crippen LogP contribution in [0.1, 0.15) is 36.9 Å². The fourth-order valence-corrected chi connectivity index (χ4v) is 3.58. The zero-order valence-corrected chi connectivity index (χ0v) is 16.1. The summed E-state index contributed by atoms with van der Waals surface area (Å²) in [6.45, 7) is 3.99. The fourth-order valence-electron chi connectivity index (χ4n) is 3.58. The molecule has 1 amide bonds. The number of rotatable bonds is 6. The predicted octanol–water partition coefficient (Wildman–Crippen LogP) is 3.56. The SMILES string of the molecule is CC(NN1CCC(N(C)C(=O)Cc2ccc(F)cc2)CC1)c1ccccc1. The number of carbonyl (C=O) groups excluding carboxylic acids is 1. The van der Waals surface area contributed by atoms with E-state index < -0.39 is 0 Å². The van der Waals surface area contributed by atoms with E-state index in [4.69, 9.17) is 0 Å². The third kappa shape index (κ3) is 5.37. The minimum Gasteiger partial charge on any atom is -0.342 e. The van der Waals surface area contributed by atoms with Gasteiger partial charge in [0, 0.05) is 32.2 Å². The third-order valence-electron chi connectivity index (χ3n) is 5.35. The Balaban J connectivity index is 1.46. The minimum absolute atomic E-state index is 0.0886. The number of amides is 1. The summed E-state index contributed by atoms with van der Waals surface area (Å²) in [4.78, 5) is 14.4. The first-order valence-electron chi connectivity index (χ1n) is 9.59. The Bertz CT molecular complexity index is 727. The van der Waals surface area contributed by atoms with Crippen molar-refractivity contribution in [1.82, 2.24) is 15.3 Å². The van der Waals surface area contributed by atoms with Crippen LogP contribution in [0.5, 0.6) is 0 Å². The van der Waals surface area contributed by atoms with E-state index >= 15 is 0 Å². The number of hydrogen-bond acceptors (Lipinski definition) is 3. The van der Waals surface area contributed by atoms with Crippen LogP contribution in [0.3, 0.4) is 0 Å². The quantitative estimate of drug-likeness (QED) is 0.846. The van der Waals surface area contributed by atoms with Gasteiger partial charge in [-0.1, -0.05) is 42.5 Å². The van der Waals surface area contributed by atoms with Gasteiger partial charge in [0.15, 0.2) is 0 Å². The van der Waals surface area contributed by atoms with Crippen LogP contribution in [0.15, 0.2) is 54.6 Å². The summed E-state index contributed by atoms with van der Waals surface area (Å²) in [6.07, 6.45) is 2.21. The molecule has 4 nitrogen and oxygen atoms in total. The second kappa shape index (κ2) is 9.11. The van der Waals surface area contributed by atoms with E-state index in [2.05, 4.69) is 41.6 Å². The first kappa shape index (κ1) is 19.5. The summed E-state index contributed by atoms with van der Waals surface area (Å²) < 4.78 is 13.0. The molecular weight excluding hydrogens is 341 g/mol. The minimum atomic E-state index is -0.274. The normalized spacial score (nSPS) is 16.9. The van der Waals surface area contributed by atoms with Gasteiger partial charge in [-0.3, -0.25) is 4.79 Å². The van der Waals surface area contributed by atoms with E-state index in [1.54, 1.807) is 12.1 Å². The van der Waals surface area contributed by atoms with Crippen molar-refractivity contribution in [1.29, 1.82) is 0 Å². The van der Waals surface area contributed by atoms with E-state index in [1.807, 2.05) is 18.0 Å². The number of hydrogen-bond donors (Lipinski definition) is 1. The van der Waals surface area contributed by atoms with Crippen LogP contribution in [0.4, 0.5) is 4.39 Å². The molecule has 0 aromatic heterocycles. The zero-order valence-electron chi connectivity index (χ0n) is 16.1. The van der Waals surface area contributed by atoms with Crippen LogP contribution in [-0.2, 0) is 11.2 Å². The summed E-state index contributed by atoms with van der Waals surface area (Å²) in [7, 11) is 1.88. The Hall–Kier alpha value is -2.24. The molecule has 1 atom stereocenters. The summed E-state index contributed by atoms with van der Waals surface area (Å²) in [5, 5.41) is 2.26. The first-order chi connectivity index (χ1) is 13.0. The maximum Gasteiger partial charge on any atom is 0.226 e. The molecule has 0 radical (unpaired) electrons. The van der Waals surface area contributed by atoms with E-state index in [0.29, 0.717) is 6.42 Å². The number of likely N-dealkylation sites (N-methyl/N-ethyl adjacent to an activating group) is 1. The molecule has 1 fully saturated rings. The molecule has 1 saturated heterocycles. The molecule has 0 bridgehead atoms. The van der Waals surface area contributed by atoms with Crippen LogP contribution < -0.4 is 5.43 Å². The molecule has 144 valence electrons. The van der Waals surface area contributed by atoms with Crippen molar-refractivity contribution in [2.75, 3.05) is 20.1 Å². The smallest absolute Gasteiger partial charge is 0.226 e. The average molecular weight is 369 g/mol. The average Bonchev–Trinajstić information content (AvgIpc) is 2.70. The van der Waals surface area contributed by atoms with Gasteiger partial charge >= 0.3 is 0 Å². The molecule has 27 heavy (non-hydrogen) atoms. The van der Waals surface area contributed by atoms with E-state index in [0.717, 1.165) is 31.5 Å². The van der Waals surface area contributed by atoms with Crippen LogP contribution in [0.25, 0.3) is 0 Å². The maximum absolute atomic E-state index is 13.0. The summed E-state index contributed by atoms with van der Waals surface area (Å²) in [5.74, 6) is -0.185. The lowest BCUT2D eigenvalue weighted by Gasteiger charge is -2.38. The van der Waals surface area contributed by atoms with Gasteiger partial charge in [-0.05, 0) is 43.0 Å². The largest absolute Gasteiger partial charge is 0.342 e. The molecule has 1 aliphatic rings. The van der Waals surface area contributed by atoms with Gasteiger partial charge in [-0.15, -0.1) is 0 Å². The number of carbonyl (C=O) groups is 1. The molecule has 3 rings (SSSR count). The van der Waals surface area contributed by atoms with Gasteiger partial charge in [0.25, 0.3) is 0 Å². The molecule has 1 unspecified atom stereocenters. The number of halogens is 1. The maximum atomic E-state index is 13.0. The van der Waals surface area contributed by atoms with Crippen molar-refractivity contribution >= 4 is 5.91 Å². The lowest BCUT2D eigenvalue weighted by molar-refractivity contribution is -0.132. The Morgan fingerprint density at radius 3 is 2.41 bits per heavy atom. The molecular formula is C22H28FN3O. The summed E-state index contributed by atoms with van der Waals surface area (Å²) >= 11 is 0. The van der Waals surface area contributed by atoms with Gasteiger partial charge in [0.1, 0.15) is 5.82 Å². The predicted molar refractivity (Wildman–Crippen MR) is 105 cm³/mol. The fraction of sp³-hybridized carbons (Fsp3) is 0.409. The highest BCUT2D eigenvalue weighted by Gasteiger charge is 2.26. The summed E-state index contributed by atoms with van der Waals surface area (Å²) in [6, 6.07) is 17.1. The van der Waals surface area contributed by atoms with Crippen molar-refractivity contribution in [2.45, 2.75) is 38.3 Å². The summed E-state index contributed by atoms with van der Waals surface area (Å²) in [5.41, 5.74) is 5.68. The van der Waals surface area contributed by atoms with Crippen LogP contribution in [0, 0.1) is 5.82 Å². The second-order valence-electron chi connectivity index (χ2n) is 7.29. The lowest BCUT2D eigenvalue weighted by atomic mass is 10.0. The molecule has 1 aliphatic heterocycles. The van der Waals surface area contributed by atoms with Gasteiger partial charge < -0.3 is 4.90 Å². The van der Waals surface area contributed by atoms with Crippen molar-refractivity contribution < 1.29 is 9.18 Å². The monoisotopic (exact) mass is 369 g/mol. The number of benzene rings is 2. The molecule has 0 saturated carbocycles. The molecule has 2 aromatic carbocycles. The molecule has 0 spiro atoms. The zero-order chi connectivity index (χ0) is 19.2. The highest BCUT2D eigenvalue weighted by molar-refractivity contribution is 5.78. The van der Waals surface area contributed by atoms with Crippen molar-refractivity contribution in [3.63, 3.8) is 0 Å². The lowest BCUT2D eigenvalue weighted by Crippen LogP contribution is -2.50. The van der Waals surface area contributed by atoms with Crippen LogP contribution in [-0.4, -0.2) is 42.0 Å². The number of nitrogens with zero attached hydrogens (tertiary/aromatic N) is 2. The van der Waals surface area contributed by atoms with Gasteiger partial charge in [-0.2, -0.15) is 0 Å². The number of nitrogens with one attached hydrogen (secondary N) is 1. The van der Waals surface area contributed by atoms with Crippen molar-refractivity contribution in [3.05, 3.63) is 71.5 Å².